The Balaban J connectivity index is 2.36. The molecule has 5 nitrogen and oxygen atoms in total. The molecule has 1 rings (SSSR count). The number of nitrogens with two attached hydrogens (primary N) is 1. The van der Waals surface area contributed by atoms with Crippen molar-refractivity contribution in [3.63, 3.8) is 0 Å². The Hall–Kier alpha value is -1.59. The Bertz CT molecular complexity index is 376. The third-order valence-corrected chi connectivity index (χ3v) is 2.34. The van der Waals surface area contributed by atoms with E-state index >= 15 is 0 Å². The number of carbonyl (C=O) groups excluding carboxylic acids is 1. The fourth-order valence-electron chi connectivity index (χ4n) is 1.34. The molecule has 0 spiro atoms. The monoisotopic (exact) mass is 252 g/mol. The summed E-state index contributed by atoms with van der Waals surface area (Å²) in [5.74, 6) is 0.131. The van der Waals surface area contributed by atoms with Crippen LogP contribution < -0.4 is 15.8 Å². The number of carbonyl (C=O) groups is 1. The highest BCUT2D eigenvalue weighted by atomic mass is 16.5. The second-order valence-electron chi connectivity index (χ2n) is 4.42. The minimum absolute atomic E-state index is 0.204. The van der Waals surface area contributed by atoms with Crippen molar-refractivity contribution in [2.24, 2.45) is 5.73 Å². The van der Waals surface area contributed by atoms with Gasteiger partial charge in [0.1, 0.15) is 18.5 Å². The minimum Gasteiger partial charge on any atom is -0.491 e. The maximum atomic E-state index is 10.9. The van der Waals surface area contributed by atoms with E-state index in [-0.39, 0.29) is 6.61 Å². The quantitative estimate of drug-likeness (QED) is 0.660. The van der Waals surface area contributed by atoms with E-state index in [9.17, 15) is 9.90 Å². The number of rotatable bonds is 7. The highest BCUT2D eigenvalue weighted by Gasteiger charge is 2.06. The molecule has 100 valence electrons. The van der Waals surface area contributed by atoms with E-state index in [0.717, 1.165) is 0 Å². The minimum atomic E-state index is -0.566. The van der Waals surface area contributed by atoms with Crippen molar-refractivity contribution >= 4 is 5.91 Å². The molecule has 0 heterocycles. The number of primary amides is 1. The average Bonchev–Trinajstić information content (AvgIpc) is 2.34. The van der Waals surface area contributed by atoms with Crippen LogP contribution in [0.4, 0.5) is 0 Å². The summed E-state index contributed by atoms with van der Waals surface area (Å²) in [6.07, 6.45) is -0.566. The number of nitrogens with one attached hydrogen (secondary N) is 1. The van der Waals surface area contributed by atoms with Gasteiger partial charge < -0.3 is 20.9 Å². The van der Waals surface area contributed by atoms with Gasteiger partial charge in [-0.1, -0.05) is 13.8 Å². The molecule has 0 saturated heterocycles. The molecule has 0 aliphatic carbocycles. The Morgan fingerprint density at radius 1 is 1.39 bits per heavy atom. The van der Waals surface area contributed by atoms with E-state index < -0.39 is 12.0 Å². The van der Waals surface area contributed by atoms with E-state index in [4.69, 9.17) is 10.5 Å². The summed E-state index contributed by atoms with van der Waals surface area (Å²) in [4.78, 5) is 10.9. The third kappa shape index (κ3) is 5.16. The SMILES string of the molecule is CC(C)NC[C@@H](O)COc1ccc(C(N)=O)cc1. The molecule has 18 heavy (non-hydrogen) atoms. The molecule has 0 aromatic heterocycles. The van der Waals surface area contributed by atoms with Crippen LogP contribution in [0.5, 0.6) is 5.75 Å². The van der Waals surface area contributed by atoms with E-state index in [0.29, 0.717) is 23.9 Å². The zero-order valence-electron chi connectivity index (χ0n) is 10.7. The fraction of sp³-hybridized carbons (Fsp3) is 0.462. The van der Waals surface area contributed by atoms with Crippen LogP contribution in [0, 0.1) is 0 Å². The second-order valence-corrected chi connectivity index (χ2v) is 4.42. The number of hydrogen-bond acceptors (Lipinski definition) is 4. The van der Waals surface area contributed by atoms with Crippen molar-refractivity contribution in [3.05, 3.63) is 29.8 Å². The smallest absolute Gasteiger partial charge is 0.248 e. The van der Waals surface area contributed by atoms with Gasteiger partial charge in [0.25, 0.3) is 0 Å². The summed E-state index contributed by atoms with van der Waals surface area (Å²) in [6.45, 7) is 4.71. The summed E-state index contributed by atoms with van der Waals surface area (Å²) < 4.78 is 5.39. The standard InChI is InChI=1S/C13H20N2O3/c1-9(2)15-7-11(16)8-18-12-5-3-10(4-6-12)13(14)17/h3-6,9,11,15-16H,7-8H2,1-2H3,(H2,14,17)/t11-/m1/s1. The van der Waals surface area contributed by atoms with Gasteiger partial charge in [0, 0.05) is 18.2 Å². The molecule has 0 unspecified atom stereocenters. The first kappa shape index (κ1) is 14.5. The zero-order valence-corrected chi connectivity index (χ0v) is 10.7. The summed E-state index contributed by atoms with van der Waals surface area (Å²) in [5.41, 5.74) is 5.56. The van der Waals surface area contributed by atoms with E-state index in [2.05, 4.69) is 5.32 Å². The topological polar surface area (TPSA) is 84.6 Å². The number of amides is 1. The average molecular weight is 252 g/mol. The molecule has 0 saturated carbocycles. The maximum absolute atomic E-state index is 10.9. The van der Waals surface area contributed by atoms with Crippen molar-refractivity contribution < 1.29 is 14.6 Å². The largest absolute Gasteiger partial charge is 0.491 e. The van der Waals surface area contributed by atoms with Crippen molar-refractivity contribution in [1.29, 1.82) is 0 Å². The molecule has 0 aliphatic rings. The Labute approximate surface area is 107 Å². The lowest BCUT2D eigenvalue weighted by Gasteiger charge is -2.15. The Kier molecular flexibility index (Phi) is 5.61. The lowest BCUT2D eigenvalue weighted by molar-refractivity contribution is 0.0998. The first-order valence-electron chi connectivity index (χ1n) is 5.93. The highest BCUT2D eigenvalue weighted by Crippen LogP contribution is 2.11. The first-order chi connectivity index (χ1) is 8.49. The van der Waals surface area contributed by atoms with Crippen molar-refractivity contribution in [2.45, 2.75) is 26.0 Å². The number of ether oxygens (including phenoxy) is 1. The van der Waals surface area contributed by atoms with Gasteiger partial charge in [-0.15, -0.1) is 0 Å². The van der Waals surface area contributed by atoms with Crippen LogP contribution in [-0.2, 0) is 0 Å². The van der Waals surface area contributed by atoms with Crippen LogP contribution in [0.15, 0.2) is 24.3 Å². The van der Waals surface area contributed by atoms with Crippen molar-refractivity contribution in [2.75, 3.05) is 13.2 Å². The Morgan fingerprint density at radius 3 is 2.50 bits per heavy atom. The first-order valence-corrected chi connectivity index (χ1v) is 5.93. The molecular weight excluding hydrogens is 232 g/mol. The van der Waals surface area contributed by atoms with Crippen LogP contribution >= 0.6 is 0 Å². The molecule has 1 aromatic carbocycles. The van der Waals surface area contributed by atoms with Crippen LogP contribution in [-0.4, -0.2) is 36.3 Å². The predicted molar refractivity (Wildman–Crippen MR) is 69.6 cm³/mol. The van der Waals surface area contributed by atoms with Gasteiger partial charge in [-0.05, 0) is 24.3 Å². The van der Waals surface area contributed by atoms with E-state index in [1.54, 1.807) is 24.3 Å². The number of benzene rings is 1. The van der Waals surface area contributed by atoms with E-state index in [1.807, 2.05) is 13.8 Å². The summed E-state index contributed by atoms with van der Waals surface area (Å²) in [5, 5.41) is 12.8. The van der Waals surface area contributed by atoms with Gasteiger partial charge in [-0.3, -0.25) is 4.79 Å². The second kappa shape index (κ2) is 6.98. The van der Waals surface area contributed by atoms with Crippen LogP contribution in [0.25, 0.3) is 0 Å². The molecule has 0 radical (unpaired) electrons. The molecule has 1 aromatic rings. The molecule has 5 heteroatoms. The molecule has 1 atom stereocenters. The fourth-order valence-corrected chi connectivity index (χ4v) is 1.34. The molecule has 1 amide bonds. The lowest BCUT2D eigenvalue weighted by atomic mass is 10.2. The van der Waals surface area contributed by atoms with E-state index in [1.165, 1.54) is 0 Å². The zero-order chi connectivity index (χ0) is 13.5. The summed E-state index contributed by atoms with van der Waals surface area (Å²) in [7, 11) is 0. The molecule has 4 N–H and O–H groups in total. The van der Waals surface area contributed by atoms with Crippen molar-refractivity contribution in [1.82, 2.24) is 5.32 Å². The highest BCUT2D eigenvalue weighted by molar-refractivity contribution is 5.92. The van der Waals surface area contributed by atoms with Gasteiger partial charge >= 0.3 is 0 Å². The third-order valence-electron chi connectivity index (χ3n) is 2.34. The molecular formula is C13H20N2O3. The number of aliphatic hydroxyl groups is 1. The van der Waals surface area contributed by atoms with Gasteiger partial charge in [0.2, 0.25) is 5.91 Å². The van der Waals surface area contributed by atoms with Gasteiger partial charge in [-0.25, -0.2) is 0 Å². The molecule has 0 bridgehead atoms. The predicted octanol–water partition coefficient (Wildman–Crippen LogP) is 0.523. The van der Waals surface area contributed by atoms with Gasteiger partial charge in [0.05, 0.1) is 0 Å². The van der Waals surface area contributed by atoms with Gasteiger partial charge in [0.15, 0.2) is 0 Å². The van der Waals surface area contributed by atoms with Gasteiger partial charge in [-0.2, -0.15) is 0 Å². The van der Waals surface area contributed by atoms with Crippen LogP contribution in [0.2, 0.25) is 0 Å². The van der Waals surface area contributed by atoms with Crippen molar-refractivity contribution in [3.8, 4) is 5.75 Å². The molecule has 0 fully saturated rings. The lowest BCUT2D eigenvalue weighted by Crippen LogP contribution is -2.35. The normalized spacial score (nSPS) is 12.4. The van der Waals surface area contributed by atoms with Crippen LogP contribution in [0.1, 0.15) is 24.2 Å². The summed E-state index contributed by atoms with van der Waals surface area (Å²) in [6, 6.07) is 6.83. The number of aliphatic hydroxyl groups excluding tert-OH is 1. The maximum Gasteiger partial charge on any atom is 0.248 e. The Morgan fingerprint density at radius 2 is 2.00 bits per heavy atom. The molecule has 0 aliphatic heterocycles. The van der Waals surface area contributed by atoms with Crippen LogP contribution in [0.3, 0.4) is 0 Å². The number of hydrogen-bond donors (Lipinski definition) is 3. The summed E-state index contributed by atoms with van der Waals surface area (Å²) >= 11 is 0.